The first-order valence-corrected chi connectivity index (χ1v) is 9.46. The van der Waals surface area contributed by atoms with Gasteiger partial charge in [-0.15, -0.1) is 0 Å². The topological polar surface area (TPSA) is 75.9 Å². The zero-order chi connectivity index (χ0) is 18.7. The summed E-state index contributed by atoms with van der Waals surface area (Å²) in [5, 5.41) is 0. The van der Waals surface area contributed by atoms with Crippen molar-refractivity contribution < 1.29 is 14.3 Å². The number of hydrogen-bond donors (Lipinski definition) is 1. The van der Waals surface area contributed by atoms with Crippen molar-refractivity contribution >= 4 is 11.8 Å². The number of ether oxygens (including phenoxy) is 1. The number of carbonyl (C=O) groups excluding carboxylic acids is 2. The molecule has 0 spiro atoms. The lowest BCUT2D eigenvalue weighted by Gasteiger charge is -2.39. The molecule has 0 aliphatic carbocycles. The van der Waals surface area contributed by atoms with Crippen LogP contribution in [0.25, 0.3) is 0 Å². The molecule has 2 fully saturated rings. The summed E-state index contributed by atoms with van der Waals surface area (Å²) in [4.78, 5) is 29.2. The van der Waals surface area contributed by atoms with Gasteiger partial charge in [0.2, 0.25) is 11.8 Å². The van der Waals surface area contributed by atoms with Gasteiger partial charge in [-0.2, -0.15) is 0 Å². The molecule has 0 aromatic heterocycles. The SMILES string of the molecule is COc1ccc(CN2CC(C(=O)N3CCCCC3C(C)N)CC2=O)cc1. The van der Waals surface area contributed by atoms with Gasteiger partial charge in [-0.1, -0.05) is 12.1 Å². The molecule has 6 heteroatoms. The van der Waals surface area contributed by atoms with Gasteiger partial charge in [0.1, 0.15) is 5.75 Å². The monoisotopic (exact) mass is 359 g/mol. The minimum atomic E-state index is -0.250. The van der Waals surface area contributed by atoms with Crippen LogP contribution >= 0.6 is 0 Å². The quantitative estimate of drug-likeness (QED) is 0.869. The Labute approximate surface area is 155 Å². The summed E-state index contributed by atoms with van der Waals surface area (Å²) in [6.45, 7) is 3.75. The molecule has 0 saturated carbocycles. The Balaban J connectivity index is 1.63. The van der Waals surface area contributed by atoms with Gasteiger partial charge in [0, 0.05) is 38.1 Å². The smallest absolute Gasteiger partial charge is 0.228 e. The van der Waals surface area contributed by atoms with Crippen LogP contribution in [0, 0.1) is 5.92 Å². The van der Waals surface area contributed by atoms with Crippen molar-refractivity contribution in [1.29, 1.82) is 0 Å². The Bertz CT molecular complexity index is 644. The van der Waals surface area contributed by atoms with Crippen LogP contribution in [-0.2, 0) is 16.1 Å². The number of carbonyl (C=O) groups is 2. The Morgan fingerprint density at radius 2 is 2.04 bits per heavy atom. The lowest BCUT2D eigenvalue weighted by molar-refractivity contribution is -0.139. The molecule has 2 heterocycles. The zero-order valence-corrected chi connectivity index (χ0v) is 15.7. The Hall–Kier alpha value is -2.08. The summed E-state index contributed by atoms with van der Waals surface area (Å²) in [6.07, 6.45) is 3.39. The van der Waals surface area contributed by atoms with E-state index in [1.807, 2.05) is 36.1 Å². The number of rotatable bonds is 5. The molecule has 0 radical (unpaired) electrons. The summed E-state index contributed by atoms with van der Waals surface area (Å²) in [5.41, 5.74) is 7.13. The van der Waals surface area contributed by atoms with E-state index in [9.17, 15) is 9.59 Å². The highest BCUT2D eigenvalue weighted by Gasteiger charge is 2.39. The fourth-order valence-corrected chi connectivity index (χ4v) is 4.05. The van der Waals surface area contributed by atoms with Crippen molar-refractivity contribution in [2.24, 2.45) is 11.7 Å². The Morgan fingerprint density at radius 1 is 1.31 bits per heavy atom. The average molecular weight is 359 g/mol. The number of methoxy groups -OCH3 is 1. The van der Waals surface area contributed by atoms with Crippen LogP contribution < -0.4 is 10.5 Å². The number of nitrogens with zero attached hydrogens (tertiary/aromatic N) is 2. The summed E-state index contributed by atoms with van der Waals surface area (Å²) < 4.78 is 5.16. The van der Waals surface area contributed by atoms with Gasteiger partial charge in [0.25, 0.3) is 0 Å². The lowest BCUT2D eigenvalue weighted by Crippen LogP contribution is -2.53. The van der Waals surface area contributed by atoms with E-state index in [-0.39, 0.29) is 29.8 Å². The molecule has 142 valence electrons. The normalized spacial score (nSPS) is 24.7. The van der Waals surface area contributed by atoms with Gasteiger partial charge in [0.15, 0.2) is 0 Å². The molecule has 2 aliphatic rings. The molecule has 6 nitrogen and oxygen atoms in total. The maximum Gasteiger partial charge on any atom is 0.228 e. The third kappa shape index (κ3) is 4.01. The van der Waals surface area contributed by atoms with Crippen LogP contribution in [0.1, 0.15) is 38.2 Å². The van der Waals surface area contributed by atoms with Crippen molar-refractivity contribution in [3.05, 3.63) is 29.8 Å². The number of benzene rings is 1. The second kappa shape index (κ2) is 8.08. The third-order valence-electron chi connectivity index (χ3n) is 5.54. The molecular weight excluding hydrogens is 330 g/mol. The predicted molar refractivity (Wildman–Crippen MR) is 99.5 cm³/mol. The maximum atomic E-state index is 13.0. The minimum absolute atomic E-state index is 0.0354. The molecule has 3 unspecified atom stereocenters. The summed E-state index contributed by atoms with van der Waals surface area (Å²) >= 11 is 0. The number of likely N-dealkylation sites (tertiary alicyclic amines) is 2. The number of amides is 2. The van der Waals surface area contributed by atoms with Gasteiger partial charge in [-0.25, -0.2) is 0 Å². The average Bonchev–Trinajstić information content (AvgIpc) is 3.02. The van der Waals surface area contributed by atoms with E-state index in [1.54, 1.807) is 12.0 Å². The van der Waals surface area contributed by atoms with Crippen LogP contribution in [0.3, 0.4) is 0 Å². The highest BCUT2D eigenvalue weighted by molar-refractivity contribution is 5.89. The number of nitrogens with two attached hydrogens (primary N) is 1. The third-order valence-corrected chi connectivity index (χ3v) is 5.54. The molecule has 1 aromatic rings. The molecule has 3 atom stereocenters. The fraction of sp³-hybridized carbons (Fsp3) is 0.600. The first kappa shape index (κ1) is 18.7. The predicted octanol–water partition coefficient (Wildman–Crippen LogP) is 1.77. The van der Waals surface area contributed by atoms with E-state index in [0.29, 0.717) is 19.5 Å². The summed E-state index contributed by atoms with van der Waals surface area (Å²) in [7, 11) is 1.63. The molecule has 2 N–H and O–H groups in total. The van der Waals surface area contributed by atoms with Gasteiger partial charge in [0.05, 0.1) is 13.0 Å². The standard InChI is InChI=1S/C20H29N3O3/c1-14(21)18-5-3-4-10-23(18)20(25)16-11-19(24)22(13-16)12-15-6-8-17(26-2)9-7-15/h6-9,14,16,18H,3-5,10-13,21H2,1-2H3. The molecule has 26 heavy (non-hydrogen) atoms. The van der Waals surface area contributed by atoms with E-state index in [1.165, 1.54) is 0 Å². The second-order valence-electron chi connectivity index (χ2n) is 7.48. The van der Waals surface area contributed by atoms with E-state index >= 15 is 0 Å². The van der Waals surface area contributed by atoms with Gasteiger partial charge >= 0.3 is 0 Å². The summed E-state index contributed by atoms with van der Waals surface area (Å²) in [6, 6.07) is 7.75. The lowest BCUT2D eigenvalue weighted by atomic mass is 9.94. The van der Waals surface area contributed by atoms with Gasteiger partial charge in [-0.3, -0.25) is 9.59 Å². The van der Waals surface area contributed by atoms with Crippen LogP contribution in [0.4, 0.5) is 0 Å². The highest BCUT2D eigenvalue weighted by Crippen LogP contribution is 2.27. The van der Waals surface area contributed by atoms with E-state index in [2.05, 4.69) is 0 Å². The maximum absolute atomic E-state index is 13.0. The molecule has 3 rings (SSSR count). The Kier molecular flexibility index (Phi) is 5.81. The minimum Gasteiger partial charge on any atom is -0.497 e. The molecule has 0 bridgehead atoms. The largest absolute Gasteiger partial charge is 0.497 e. The Morgan fingerprint density at radius 3 is 2.69 bits per heavy atom. The second-order valence-corrected chi connectivity index (χ2v) is 7.48. The van der Waals surface area contributed by atoms with Crippen molar-refractivity contribution in [2.75, 3.05) is 20.2 Å². The summed E-state index contributed by atoms with van der Waals surface area (Å²) in [5.74, 6) is 0.688. The van der Waals surface area contributed by atoms with Crippen molar-refractivity contribution in [1.82, 2.24) is 9.80 Å². The van der Waals surface area contributed by atoms with E-state index in [4.69, 9.17) is 10.5 Å². The molecular formula is C20H29N3O3. The van der Waals surface area contributed by atoms with Gasteiger partial charge < -0.3 is 20.3 Å². The van der Waals surface area contributed by atoms with Crippen molar-refractivity contribution in [3.8, 4) is 5.75 Å². The number of hydrogen-bond acceptors (Lipinski definition) is 4. The van der Waals surface area contributed by atoms with Crippen molar-refractivity contribution in [3.63, 3.8) is 0 Å². The fourth-order valence-electron chi connectivity index (χ4n) is 4.05. The van der Waals surface area contributed by atoms with Crippen LogP contribution in [0.5, 0.6) is 5.75 Å². The first-order chi connectivity index (χ1) is 12.5. The van der Waals surface area contributed by atoms with Crippen LogP contribution in [-0.4, -0.2) is 53.9 Å². The first-order valence-electron chi connectivity index (χ1n) is 9.46. The molecule has 2 aliphatic heterocycles. The highest BCUT2D eigenvalue weighted by atomic mass is 16.5. The zero-order valence-electron chi connectivity index (χ0n) is 15.7. The van der Waals surface area contributed by atoms with Crippen molar-refractivity contribution in [2.45, 2.75) is 51.2 Å². The molecule has 2 amide bonds. The van der Waals surface area contributed by atoms with Gasteiger partial charge in [-0.05, 0) is 43.9 Å². The van der Waals surface area contributed by atoms with Crippen LogP contribution in [0.2, 0.25) is 0 Å². The number of piperidine rings is 1. The van der Waals surface area contributed by atoms with Crippen LogP contribution in [0.15, 0.2) is 24.3 Å². The van der Waals surface area contributed by atoms with E-state index in [0.717, 1.165) is 37.1 Å². The molecule has 2 saturated heterocycles. The molecule has 1 aromatic carbocycles. The van der Waals surface area contributed by atoms with E-state index < -0.39 is 0 Å².